The Labute approximate surface area is 137 Å². The van der Waals surface area contributed by atoms with Crippen LogP contribution in [-0.4, -0.2) is 40.0 Å². The van der Waals surface area contributed by atoms with Gasteiger partial charge in [0.1, 0.15) is 16.2 Å². The largest absolute Gasteiger partial charge is 0.369 e. The summed E-state index contributed by atoms with van der Waals surface area (Å²) in [4.78, 5) is 11.5. The first-order valence-electron chi connectivity index (χ1n) is 7.66. The maximum Gasteiger partial charge on any atom is 0.137 e. The van der Waals surface area contributed by atoms with Gasteiger partial charge in [0.2, 0.25) is 0 Å². The number of nitrogens with one attached hydrogen (secondary N) is 1. The second kappa shape index (κ2) is 7.54. The van der Waals surface area contributed by atoms with Crippen LogP contribution in [0.3, 0.4) is 0 Å². The predicted octanol–water partition coefficient (Wildman–Crippen LogP) is 4.07. The van der Waals surface area contributed by atoms with E-state index in [1.165, 1.54) is 0 Å². The van der Waals surface area contributed by atoms with Crippen LogP contribution in [0.5, 0.6) is 0 Å². The highest BCUT2D eigenvalue weighted by Gasteiger charge is 2.19. The van der Waals surface area contributed by atoms with Gasteiger partial charge in [0, 0.05) is 36.7 Å². The van der Waals surface area contributed by atoms with Crippen molar-refractivity contribution in [1.82, 2.24) is 14.9 Å². The van der Waals surface area contributed by atoms with Gasteiger partial charge in [-0.25, -0.2) is 9.97 Å². The lowest BCUT2D eigenvalue weighted by molar-refractivity contribution is 0.182. The van der Waals surface area contributed by atoms with E-state index in [1.807, 2.05) is 6.07 Å². The summed E-state index contributed by atoms with van der Waals surface area (Å²) in [6, 6.07) is 3.03. The van der Waals surface area contributed by atoms with Crippen molar-refractivity contribution >= 4 is 21.7 Å². The quantitative estimate of drug-likeness (QED) is 0.780. The summed E-state index contributed by atoms with van der Waals surface area (Å²) in [5.74, 6) is 1.73. The predicted molar refractivity (Wildman–Crippen MR) is 93.9 cm³/mol. The summed E-state index contributed by atoms with van der Waals surface area (Å²) in [7, 11) is 0. The molecular formula is C16H29BrN4. The van der Waals surface area contributed by atoms with Crippen LogP contribution >= 0.6 is 15.9 Å². The van der Waals surface area contributed by atoms with Crippen LogP contribution in [0, 0.1) is 0 Å². The molecule has 0 saturated heterocycles. The lowest BCUT2D eigenvalue weighted by Crippen LogP contribution is -2.40. The van der Waals surface area contributed by atoms with Crippen molar-refractivity contribution in [2.75, 3.05) is 18.4 Å². The lowest BCUT2D eigenvalue weighted by Gasteiger charge is -2.30. The fourth-order valence-electron chi connectivity index (χ4n) is 2.27. The first-order chi connectivity index (χ1) is 9.61. The minimum absolute atomic E-state index is 0.0535. The van der Waals surface area contributed by atoms with E-state index in [4.69, 9.17) is 0 Å². The van der Waals surface area contributed by atoms with Crippen LogP contribution in [0.4, 0.5) is 5.82 Å². The highest BCUT2D eigenvalue weighted by Crippen LogP contribution is 2.22. The van der Waals surface area contributed by atoms with Crippen LogP contribution in [-0.2, 0) is 5.41 Å². The van der Waals surface area contributed by atoms with Gasteiger partial charge in [-0.3, -0.25) is 4.90 Å². The van der Waals surface area contributed by atoms with Gasteiger partial charge in [-0.05, 0) is 43.6 Å². The molecule has 0 saturated carbocycles. The van der Waals surface area contributed by atoms with E-state index < -0.39 is 0 Å². The molecule has 120 valence electrons. The smallest absolute Gasteiger partial charge is 0.137 e. The van der Waals surface area contributed by atoms with E-state index in [2.05, 4.69) is 84.6 Å². The molecule has 0 bridgehead atoms. The molecule has 0 spiro atoms. The van der Waals surface area contributed by atoms with E-state index in [-0.39, 0.29) is 5.41 Å². The molecule has 0 radical (unpaired) electrons. The summed E-state index contributed by atoms with van der Waals surface area (Å²) in [6.07, 6.45) is 0. The Morgan fingerprint density at radius 2 is 1.71 bits per heavy atom. The third kappa shape index (κ3) is 5.91. The molecule has 0 aliphatic heterocycles. The first kappa shape index (κ1) is 18.4. The van der Waals surface area contributed by atoms with Crippen molar-refractivity contribution in [3.8, 4) is 0 Å². The average Bonchev–Trinajstić information content (AvgIpc) is 2.31. The Morgan fingerprint density at radius 1 is 1.14 bits per heavy atom. The third-order valence-corrected chi connectivity index (χ3v) is 3.77. The summed E-state index contributed by atoms with van der Waals surface area (Å²) in [5, 5.41) is 3.42. The number of anilines is 1. The Kier molecular flexibility index (Phi) is 6.60. The fraction of sp³-hybridized carbons (Fsp3) is 0.750. The Balaban J connectivity index is 2.70. The zero-order chi connectivity index (χ0) is 16.2. The zero-order valence-electron chi connectivity index (χ0n) is 14.4. The molecule has 21 heavy (non-hydrogen) atoms. The van der Waals surface area contributed by atoms with Crippen molar-refractivity contribution < 1.29 is 0 Å². The van der Waals surface area contributed by atoms with E-state index in [1.54, 1.807) is 0 Å². The van der Waals surface area contributed by atoms with Crippen molar-refractivity contribution in [2.45, 2.75) is 66.0 Å². The molecule has 1 N–H and O–H groups in total. The molecule has 0 aliphatic carbocycles. The molecule has 1 aromatic heterocycles. The van der Waals surface area contributed by atoms with Gasteiger partial charge in [0.05, 0.1) is 0 Å². The molecule has 0 atom stereocenters. The maximum atomic E-state index is 4.62. The minimum Gasteiger partial charge on any atom is -0.369 e. The highest BCUT2D eigenvalue weighted by molar-refractivity contribution is 9.10. The van der Waals surface area contributed by atoms with Crippen LogP contribution in [0.15, 0.2) is 10.7 Å². The Bertz CT molecular complexity index is 444. The first-order valence-corrected chi connectivity index (χ1v) is 8.45. The molecule has 0 fully saturated rings. The van der Waals surface area contributed by atoms with Crippen LogP contribution < -0.4 is 5.32 Å². The normalized spacial score (nSPS) is 12.5. The van der Waals surface area contributed by atoms with E-state index in [0.717, 1.165) is 29.3 Å². The van der Waals surface area contributed by atoms with Crippen molar-refractivity contribution in [3.63, 3.8) is 0 Å². The van der Waals surface area contributed by atoms with Gasteiger partial charge in [-0.2, -0.15) is 0 Å². The van der Waals surface area contributed by atoms with E-state index in [0.29, 0.717) is 12.1 Å². The molecule has 0 amide bonds. The number of hydrogen-bond acceptors (Lipinski definition) is 4. The van der Waals surface area contributed by atoms with Gasteiger partial charge in [-0.15, -0.1) is 0 Å². The highest BCUT2D eigenvalue weighted by atomic mass is 79.9. The van der Waals surface area contributed by atoms with Gasteiger partial charge in [-0.1, -0.05) is 20.8 Å². The average molecular weight is 357 g/mol. The van der Waals surface area contributed by atoms with Gasteiger partial charge < -0.3 is 5.32 Å². The molecule has 1 heterocycles. The van der Waals surface area contributed by atoms with Gasteiger partial charge in [0.25, 0.3) is 0 Å². The number of aromatic nitrogens is 2. The van der Waals surface area contributed by atoms with Gasteiger partial charge >= 0.3 is 0 Å². The molecule has 1 rings (SSSR count). The molecule has 0 aromatic carbocycles. The van der Waals surface area contributed by atoms with Crippen molar-refractivity contribution in [3.05, 3.63) is 16.5 Å². The molecule has 4 nitrogen and oxygen atoms in total. The monoisotopic (exact) mass is 356 g/mol. The summed E-state index contributed by atoms with van der Waals surface area (Å²) >= 11 is 3.47. The molecular weight excluding hydrogens is 328 g/mol. The maximum absolute atomic E-state index is 4.62. The van der Waals surface area contributed by atoms with Crippen molar-refractivity contribution in [2.24, 2.45) is 0 Å². The topological polar surface area (TPSA) is 41.0 Å². The van der Waals surface area contributed by atoms with E-state index >= 15 is 0 Å². The lowest BCUT2D eigenvalue weighted by atomic mass is 9.96. The SMILES string of the molecule is CC(C)N(CCNc1cc(Br)nc(C(C)(C)C)n1)C(C)C. The summed E-state index contributed by atoms with van der Waals surface area (Å²) < 4.78 is 0.828. The standard InChI is InChI=1S/C16H29BrN4/c1-11(2)21(12(3)4)9-8-18-14-10-13(17)19-15(20-14)16(5,6)7/h10-12H,8-9H2,1-7H3,(H,18,19,20). The number of halogens is 1. The molecule has 1 aromatic rings. The Hall–Kier alpha value is -0.680. The second-order valence-electron chi connectivity index (χ2n) is 7.00. The Morgan fingerprint density at radius 3 is 2.19 bits per heavy atom. The molecule has 0 unspecified atom stereocenters. The van der Waals surface area contributed by atoms with Crippen LogP contribution in [0.2, 0.25) is 0 Å². The molecule has 5 heteroatoms. The third-order valence-electron chi connectivity index (χ3n) is 3.37. The summed E-state index contributed by atoms with van der Waals surface area (Å²) in [6.45, 7) is 17.2. The van der Waals surface area contributed by atoms with Crippen molar-refractivity contribution in [1.29, 1.82) is 0 Å². The van der Waals surface area contributed by atoms with Crippen LogP contribution in [0.1, 0.15) is 54.3 Å². The number of hydrogen-bond donors (Lipinski definition) is 1. The number of nitrogens with zero attached hydrogens (tertiary/aromatic N) is 3. The van der Waals surface area contributed by atoms with E-state index in [9.17, 15) is 0 Å². The van der Waals surface area contributed by atoms with Gasteiger partial charge in [0.15, 0.2) is 0 Å². The molecule has 0 aliphatic rings. The summed E-state index contributed by atoms with van der Waals surface area (Å²) in [5.41, 5.74) is -0.0535. The second-order valence-corrected chi connectivity index (χ2v) is 7.81. The minimum atomic E-state index is -0.0535. The zero-order valence-corrected chi connectivity index (χ0v) is 16.0. The van der Waals surface area contributed by atoms with Crippen LogP contribution in [0.25, 0.3) is 0 Å². The number of rotatable bonds is 6. The fourth-order valence-corrected chi connectivity index (χ4v) is 2.65.